The molecular formula is C38H56O7Si. The summed E-state index contributed by atoms with van der Waals surface area (Å²) in [7, 11) is -0.409. The van der Waals surface area contributed by atoms with Crippen LogP contribution in [-0.4, -0.2) is 63.6 Å². The van der Waals surface area contributed by atoms with E-state index < -0.39 is 26.5 Å². The number of allylic oxidation sites excluding steroid dienone is 2. The Labute approximate surface area is 278 Å². The molecule has 0 aliphatic carbocycles. The number of hydrogen-bond donors (Lipinski definition) is 1. The van der Waals surface area contributed by atoms with E-state index in [1.807, 2.05) is 37.3 Å². The van der Waals surface area contributed by atoms with Crippen molar-refractivity contribution in [2.24, 2.45) is 0 Å². The third-order valence-corrected chi connectivity index (χ3v) is 13.5. The normalized spacial score (nSPS) is 28.4. The maximum Gasteiger partial charge on any atom is 0.331 e. The zero-order chi connectivity index (χ0) is 33.9. The molecule has 7 nitrogen and oxygen atoms in total. The molecular weight excluding hydrogens is 596 g/mol. The third kappa shape index (κ3) is 12.1. The van der Waals surface area contributed by atoms with E-state index in [0.717, 1.165) is 47.3 Å². The Balaban J connectivity index is 1.87. The van der Waals surface area contributed by atoms with Crippen LogP contribution in [0.25, 0.3) is 0 Å². The first-order chi connectivity index (χ1) is 21.7. The molecule has 2 aliphatic rings. The highest BCUT2D eigenvalue weighted by Crippen LogP contribution is 2.38. The molecule has 2 bridgehead atoms. The van der Waals surface area contributed by atoms with E-state index in [9.17, 15) is 9.90 Å². The molecule has 1 aromatic carbocycles. The summed E-state index contributed by atoms with van der Waals surface area (Å²) in [5.74, 6) is 0.257. The highest BCUT2D eigenvalue weighted by molar-refractivity contribution is 6.74. The number of carbonyl (C=O) groups is 1. The Morgan fingerprint density at radius 3 is 2.43 bits per heavy atom. The van der Waals surface area contributed by atoms with Crippen LogP contribution in [0.15, 0.2) is 84.0 Å². The van der Waals surface area contributed by atoms with Crippen LogP contribution in [0.3, 0.4) is 0 Å². The van der Waals surface area contributed by atoms with Crippen molar-refractivity contribution in [3.8, 4) is 5.75 Å². The molecule has 8 heteroatoms. The molecule has 1 aromatic rings. The van der Waals surface area contributed by atoms with E-state index in [0.29, 0.717) is 12.8 Å². The van der Waals surface area contributed by atoms with Gasteiger partial charge in [0.25, 0.3) is 0 Å². The molecule has 0 radical (unpaired) electrons. The van der Waals surface area contributed by atoms with E-state index >= 15 is 0 Å². The van der Waals surface area contributed by atoms with Gasteiger partial charge in [0.15, 0.2) is 8.32 Å². The zero-order valence-corrected chi connectivity index (χ0v) is 30.2. The Kier molecular flexibility index (Phi) is 14.3. The van der Waals surface area contributed by atoms with Crippen LogP contribution < -0.4 is 4.74 Å². The Hall–Kier alpha value is -2.75. The van der Waals surface area contributed by atoms with Gasteiger partial charge in [-0.2, -0.15) is 0 Å². The number of ether oxygens (including phenoxy) is 4. The second-order valence-corrected chi connectivity index (χ2v) is 18.9. The largest absolute Gasteiger partial charge is 0.497 e. The van der Waals surface area contributed by atoms with E-state index in [1.165, 1.54) is 6.08 Å². The molecule has 1 N–H and O–H groups in total. The van der Waals surface area contributed by atoms with Crippen molar-refractivity contribution in [1.82, 2.24) is 0 Å². The van der Waals surface area contributed by atoms with E-state index in [1.54, 1.807) is 13.2 Å². The zero-order valence-electron chi connectivity index (χ0n) is 29.2. The van der Waals surface area contributed by atoms with E-state index in [-0.39, 0.29) is 36.6 Å². The Bertz CT molecular complexity index is 1270. The lowest BCUT2D eigenvalue weighted by atomic mass is 9.95. The smallest absolute Gasteiger partial charge is 0.331 e. The maximum atomic E-state index is 13.1. The first kappa shape index (κ1) is 37.7. The lowest BCUT2D eigenvalue weighted by molar-refractivity contribution is -0.155. The highest BCUT2D eigenvalue weighted by atomic mass is 28.4. The molecule has 1 fully saturated rings. The summed E-state index contributed by atoms with van der Waals surface area (Å²) in [5.41, 5.74) is 4.16. The van der Waals surface area contributed by atoms with Gasteiger partial charge in [0, 0.05) is 12.5 Å². The minimum absolute atomic E-state index is 0.0187. The molecule has 254 valence electrons. The fourth-order valence-corrected chi connectivity index (χ4v) is 6.65. The maximum absolute atomic E-state index is 13.1. The van der Waals surface area contributed by atoms with Gasteiger partial charge >= 0.3 is 5.97 Å². The van der Waals surface area contributed by atoms with Gasteiger partial charge in [0.1, 0.15) is 18.0 Å². The molecule has 0 saturated carbocycles. The standard InChI is InChI=1S/C38H56O7Si/c1-27-12-10-15-37(40)44-35(36(25-39)42-26-30-16-18-31(41-7)19-17-30)24-29(3)23-34-22-28(2)21-32(43-34)13-11-14-33(20-27)45-46(8,9)38(4,5)6/h10-12,14-19,23,32-36,39H,2,13,20-22,24-26H2,1,3-9H3/b14-11+,15-10+,27-12-,29-23+/t32-,33+,34-,35+,36+/m1/s1. The average Bonchev–Trinajstić information content (AvgIpc) is 2.96. The number of cyclic esters (lactones) is 1. The summed E-state index contributed by atoms with van der Waals surface area (Å²) in [4.78, 5) is 13.1. The van der Waals surface area contributed by atoms with Crippen LogP contribution in [-0.2, 0) is 30.0 Å². The summed E-state index contributed by atoms with van der Waals surface area (Å²) in [5, 5.41) is 10.4. The van der Waals surface area contributed by atoms with Gasteiger partial charge in [0.05, 0.1) is 38.6 Å². The minimum Gasteiger partial charge on any atom is -0.497 e. The molecule has 0 spiro atoms. The van der Waals surface area contributed by atoms with Crippen molar-refractivity contribution in [3.05, 3.63) is 89.6 Å². The van der Waals surface area contributed by atoms with Gasteiger partial charge in [-0.3, -0.25) is 0 Å². The fraction of sp³-hybridized carbons (Fsp3) is 0.553. The van der Waals surface area contributed by atoms with E-state index in [4.69, 9.17) is 23.4 Å². The summed E-state index contributed by atoms with van der Waals surface area (Å²) < 4.78 is 30.6. The molecule has 3 rings (SSSR count). The number of fused-ring (bicyclic) bond motifs is 2. The van der Waals surface area contributed by atoms with Crippen molar-refractivity contribution in [2.75, 3.05) is 13.7 Å². The lowest BCUT2D eigenvalue weighted by Gasteiger charge is -2.39. The van der Waals surface area contributed by atoms with Gasteiger partial charge in [-0.1, -0.05) is 86.6 Å². The van der Waals surface area contributed by atoms with Crippen molar-refractivity contribution in [2.45, 2.75) is 122 Å². The van der Waals surface area contributed by atoms with Gasteiger partial charge < -0.3 is 28.5 Å². The molecule has 0 unspecified atom stereocenters. The van der Waals surface area contributed by atoms with Crippen LogP contribution in [0, 0.1) is 0 Å². The predicted molar refractivity (Wildman–Crippen MR) is 187 cm³/mol. The monoisotopic (exact) mass is 652 g/mol. The number of carbonyl (C=O) groups excluding carboxylic acids is 1. The van der Waals surface area contributed by atoms with Crippen molar-refractivity contribution in [1.29, 1.82) is 0 Å². The van der Waals surface area contributed by atoms with Crippen molar-refractivity contribution >= 4 is 14.3 Å². The van der Waals surface area contributed by atoms with Crippen molar-refractivity contribution < 1.29 is 33.3 Å². The number of benzene rings is 1. The number of esters is 1. The minimum atomic E-state index is -2.03. The van der Waals surface area contributed by atoms with Crippen molar-refractivity contribution in [3.63, 3.8) is 0 Å². The topological polar surface area (TPSA) is 83.5 Å². The van der Waals surface area contributed by atoms with Gasteiger partial charge in [-0.15, -0.1) is 0 Å². The second kappa shape index (κ2) is 17.4. The van der Waals surface area contributed by atoms with Gasteiger partial charge in [0.2, 0.25) is 0 Å². The Morgan fingerprint density at radius 2 is 1.78 bits per heavy atom. The predicted octanol–water partition coefficient (Wildman–Crippen LogP) is 8.17. The summed E-state index contributed by atoms with van der Waals surface area (Å²) >= 11 is 0. The number of rotatable bonds is 8. The second-order valence-electron chi connectivity index (χ2n) is 14.2. The molecule has 1 saturated heterocycles. The van der Waals surface area contributed by atoms with Gasteiger partial charge in [-0.05, 0) is 75.4 Å². The van der Waals surface area contributed by atoms with Crippen LogP contribution >= 0.6 is 0 Å². The highest BCUT2D eigenvalue weighted by Gasteiger charge is 2.38. The van der Waals surface area contributed by atoms with Crippen LogP contribution in [0.5, 0.6) is 5.75 Å². The SMILES string of the molecule is C=C1C[C@H]2C/C=C/[C@H](O[Si](C)(C)C(C)(C)C)C/C(C)=C\C=C\C(=O)O[C@H]([C@H](CO)OCc3ccc(OC)cc3)C/C(C)=C/[C@@H](C1)O2. The number of hydrogen-bond acceptors (Lipinski definition) is 7. The van der Waals surface area contributed by atoms with Gasteiger partial charge in [-0.25, -0.2) is 4.79 Å². The van der Waals surface area contributed by atoms with Crippen LogP contribution in [0.2, 0.25) is 18.1 Å². The number of aliphatic hydroxyl groups is 1. The summed E-state index contributed by atoms with van der Waals surface area (Å²) in [6.07, 6.45) is 13.4. The third-order valence-electron chi connectivity index (χ3n) is 8.99. The number of aliphatic hydroxyl groups excluding tert-OH is 1. The molecule has 0 amide bonds. The quantitative estimate of drug-likeness (QED) is 0.172. The fourth-order valence-electron chi connectivity index (χ4n) is 5.38. The first-order valence-electron chi connectivity index (χ1n) is 16.4. The number of methoxy groups -OCH3 is 1. The lowest BCUT2D eigenvalue weighted by Crippen LogP contribution is -2.43. The average molecular weight is 653 g/mol. The van der Waals surface area contributed by atoms with Crippen LogP contribution in [0.4, 0.5) is 0 Å². The molecule has 46 heavy (non-hydrogen) atoms. The van der Waals surface area contributed by atoms with E-state index in [2.05, 4.69) is 65.6 Å². The Morgan fingerprint density at radius 1 is 1.07 bits per heavy atom. The first-order valence-corrected chi connectivity index (χ1v) is 19.3. The summed E-state index contributed by atoms with van der Waals surface area (Å²) in [6, 6.07) is 7.54. The molecule has 0 aromatic heterocycles. The molecule has 5 atom stereocenters. The summed E-state index contributed by atoms with van der Waals surface area (Å²) in [6.45, 7) is 19.6. The molecule has 2 heterocycles. The molecule has 2 aliphatic heterocycles. The van der Waals surface area contributed by atoms with Crippen LogP contribution in [0.1, 0.15) is 72.3 Å².